The molecule has 4 heteroatoms. The summed E-state index contributed by atoms with van der Waals surface area (Å²) in [6, 6.07) is 15.1. The molecule has 0 saturated carbocycles. The lowest BCUT2D eigenvalue weighted by Crippen LogP contribution is -2.23. The lowest BCUT2D eigenvalue weighted by molar-refractivity contribution is -0.144. The molecule has 2 aromatic rings. The summed E-state index contributed by atoms with van der Waals surface area (Å²) in [5.74, 6) is -0.277. The molecular weight excluding hydrogens is 330 g/mol. The van der Waals surface area contributed by atoms with Gasteiger partial charge in [-0.05, 0) is 49.2 Å². The number of benzene rings is 2. The Bertz CT molecular complexity index is 610. The number of rotatable bonds is 5. The number of anilines is 1. The maximum atomic E-state index is 12.2. The van der Waals surface area contributed by atoms with E-state index in [1.54, 1.807) is 0 Å². The molecule has 0 radical (unpaired) electrons. The molecule has 0 amide bonds. The molecule has 2 rings (SSSR count). The number of ether oxygens (including phenoxy) is 1. The monoisotopic (exact) mass is 347 g/mol. The van der Waals surface area contributed by atoms with Crippen molar-refractivity contribution in [3.8, 4) is 0 Å². The fraction of sp³-hybridized carbons (Fsp3) is 0.235. The fourth-order valence-electron chi connectivity index (χ4n) is 2.06. The molecule has 0 heterocycles. The van der Waals surface area contributed by atoms with Gasteiger partial charge in [0.25, 0.3) is 0 Å². The molecule has 1 atom stereocenters. The third-order valence-electron chi connectivity index (χ3n) is 3.05. The maximum absolute atomic E-state index is 12.2. The Kier molecular flexibility index (Phi) is 5.39. The molecule has 0 fully saturated rings. The van der Waals surface area contributed by atoms with Gasteiger partial charge in [-0.2, -0.15) is 0 Å². The molecule has 110 valence electrons. The van der Waals surface area contributed by atoms with Gasteiger partial charge in [-0.25, -0.2) is 4.79 Å². The van der Waals surface area contributed by atoms with Crippen molar-refractivity contribution in [1.29, 1.82) is 0 Å². The van der Waals surface area contributed by atoms with E-state index in [0.717, 1.165) is 21.3 Å². The van der Waals surface area contributed by atoms with Crippen LogP contribution in [0.25, 0.3) is 0 Å². The molecule has 1 N–H and O–H groups in total. The number of carbonyl (C=O) groups is 1. The highest BCUT2D eigenvalue weighted by molar-refractivity contribution is 9.10. The topological polar surface area (TPSA) is 38.3 Å². The van der Waals surface area contributed by atoms with Gasteiger partial charge in [0.15, 0.2) is 6.04 Å². The van der Waals surface area contributed by atoms with Crippen LogP contribution in [-0.2, 0) is 9.53 Å². The van der Waals surface area contributed by atoms with Crippen molar-refractivity contribution in [2.75, 3.05) is 11.9 Å². The highest BCUT2D eigenvalue weighted by atomic mass is 79.9. The molecule has 0 spiro atoms. The maximum Gasteiger partial charge on any atom is 0.333 e. The molecule has 0 aliphatic carbocycles. The first-order valence-corrected chi connectivity index (χ1v) is 7.64. The molecule has 0 bridgehead atoms. The van der Waals surface area contributed by atoms with E-state index in [2.05, 4.69) is 21.2 Å². The molecule has 21 heavy (non-hydrogen) atoms. The van der Waals surface area contributed by atoms with Gasteiger partial charge in [0, 0.05) is 10.2 Å². The highest BCUT2D eigenvalue weighted by Crippen LogP contribution is 2.23. The summed E-state index contributed by atoms with van der Waals surface area (Å²) in [6.07, 6.45) is 0. The van der Waals surface area contributed by atoms with E-state index < -0.39 is 6.04 Å². The second-order valence-electron chi connectivity index (χ2n) is 4.75. The normalized spacial score (nSPS) is 11.8. The van der Waals surface area contributed by atoms with Gasteiger partial charge in [-0.3, -0.25) is 0 Å². The van der Waals surface area contributed by atoms with E-state index in [0.29, 0.717) is 6.61 Å². The summed E-state index contributed by atoms with van der Waals surface area (Å²) in [4.78, 5) is 12.2. The second kappa shape index (κ2) is 7.27. The minimum atomic E-state index is -0.514. The minimum Gasteiger partial charge on any atom is -0.464 e. The first kappa shape index (κ1) is 15.6. The van der Waals surface area contributed by atoms with Crippen molar-refractivity contribution in [2.45, 2.75) is 19.9 Å². The molecule has 2 aromatic carbocycles. The number of carbonyl (C=O) groups excluding carboxylic acids is 1. The van der Waals surface area contributed by atoms with E-state index in [-0.39, 0.29) is 5.97 Å². The van der Waals surface area contributed by atoms with Crippen molar-refractivity contribution < 1.29 is 9.53 Å². The lowest BCUT2D eigenvalue weighted by Gasteiger charge is -2.19. The first-order chi connectivity index (χ1) is 10.1. The van der Waals surface area contributed by atoms with E-state index in [4.69, 9.17) is 4.74 Å². The second-order valence-corrected chi connectivity index (χ2v) is 5.67. The predicted octanol–water partition coefficient (Wildman–Crippen LogP) is 4.47. The highest BCUT2D eigenvalue weighted by Gasteiger charge is 2.21. The number of halogens is 1. The number of aryl methyl sites for hydroxylation is 1. The van der Waals surface area contributed by atoms with Crippen LogP contribution in [0.5, 0.6) is 0 Å². The van der Waals surface area contributed by atoms with Crippen molar-refractivity contribution in [2.24, 2.45) is 0 Å². The van der Waals surface area contributed by atoms with Gasteiger partial charge < -0.3 is 10.1 Å². The molecule has 0 aliphatic heterocycles. The molecule has 0 saturated heterocycles. The van der Waals surface area contributed by atoms with Crippen LogP contribution in [0.2, 0.25) is 0 Å². The third kappa shape index (κ3) is 4.33. The Labute approximate surface area is 133 Å². The average Bonchev–Trinajstić information content (AvgIpc) is 2.46. The summed E-state index contributed by atoms with van der Waals surface area (Å²) in [5, 5.41) is 3.25. The van der Waals surface area contributed by atoms with Gasteiger partial charge in [-0.15, -0.1) is 0 Å². The lowest BCUT2D eigenvalue weighted by atomic mass is 10.1. The van der Waals surface area contributed by atoms with Crippen LogP contribution < -0.4 is 5.32 Å². The Hall–Kier alpha value is -1.81. The Morgan fingerprint density at radius 2 is 1.95 bits per heavy atom. The van der Waals surface area contributed by atoms with E-state index in [1.165, 1.54) is 0 Å². The molecule has 3 nitrogen and oxygen atoms in total. The van der Waals surface area contributed by atoms with Crippen LogP contribution in [0.15, 0.2) is 53.0 Å². The van der Waals surface area contributed by atoms with Crippen molar-refractivity contribution >= 4 is 27.6 Å². The van der Waals surface area contributed by atoms with E-state index in [9.17, 15) is 4.79 Å². The van der Waals surface area contributed by atoms with Crippen LogP contribution in [-0.4, -0.2) is 12.6 Å². The number of hydrogen-bond donors (Lipinski definition) is 1. The summed E-state index contributed by atoms with van der Waals surface area (Å²) in [5.41, 5.74) is 2.91. The summed E-state index contributed by atoms with van der Waals surface area (Å²) >= 11 is 3.40. The summed E-state index contributed by atoms with van der Waals surface area (Å²) in [7, 11) is 0. The SMILES string of the molecule is CCOC(=O)C(Nc1cccc(C)c1)c1ccc(Br)cc1. The van der Waals surface area contributed by atoms with Crippen molar-refractivity contribution in [1.82, 2.24) is 0 Å². The number of hydrogen-bond acceptors (Lipinski definition) is 3. The van der Waals surface area contributed by atoms with Crippen LogP contribution in [0, 0.1) is 6.92 Å². The Morgan fingerprint density at radius 1 is 1.24 bits per heavy atom. The van der Waals surface area contributed by atoms with Crippen molar-refractivity contribution in [3.05, 3.63) is 64.1 Å². The summed E-state index contributed by atoms with van der Waals surface area (Å²) in [6.45, 7) is 4.19. The average molecular weight is 348 g/mol. The summed E-state index contributed by atoms with van der Waals surface area (Å²) < 4.78 is 6.15. The Balaban J connectivity index is 2.27. The van der Waals surface area contributed by atoms with Crippen LogP contribution in [0.3, 0.4) is 0 Å². The molecule has 0 aromatic heterocycles. The standard InChI is InChI=1S/C17H18BrNO2/c1-3-21-17(20)16(13-7-9-14(18)10-8-13)19-15-6-4-5-12(2)11-15/h4-11,16,19H,3H2,1-2H3. The van der Waals surface area contributed by atoms with Crippen molar-refractivity contribution in [3.63, 3.8) is 0 Å². The Morgan fingerprint density at radius 3 is 2.57 bits per heavy atom. The van der Waals surface area contributed by atoms with E-state index >= 15 is 0 Å². The largest absolute Gasteiger partial charge is 0.464 e. The quantitative estimate of drug-likeness (QED) is 0.810. The minimum absolute atomic E-state index is 0.277. The zero-order valence-corrected chi connectivity index (χ0v) is 13.7. The number of esters is 1. The molecule has 1 unspecified atom stereocenters. The zero-order chi connectivity index (χ0) is 15.2. The van der Waals surface area contributed by atoms with Crippen LogP contribution >= 0.6 is 15.9 Å². The molecule has 0 aliphatic rings. The van der Waals surface area contributed by atoms with Gasteiger partial charge in [0.05, 0.1) is 6.61 Å². The van der Waals surface area contributed by atoms with Gasteiger partial charge in [0.2, 0.25) is 0 Å². The van der Waals surface area contributed by atoms with Crippen LogP contribution in [0.1, 0.15) is 24.1 Å². The zero-order valence-electron chi connectivity index (χ0n) is 12.1. The predicted molar refractivity (Wildman–Crippen MR) is 88.3 cm³/mol. The number of nitrogens with one attached hydrogen (secondary N) is 1. The van der Waals surface area contributed by atoms with Gasteiger partial charge >= 0.3 is 5.97 Å². The first-order valence-electron chi connectivity index (χ1n) is 6.85. The van der Waals surface area contributed by atoms with Crippen LogP contribution in [0.4, 0.5) is 5.69 Å². The fourth-order valence-corrected chi connectivity index (χ4v) is 2.33. The van der Waals surface area contributed by atoms with Gasteiger partial charge in [-0.1, -0.05) is 40.2 Å². The smallest absolute Gasteiger partial charge is 0.333 e. The van der Waals surface area contributed by atoms with Gasteiger partial charge in [0.1, 0.15) is 0 Å². The molecular formula is C17H18BrNO2. The van der Waals surface area contributed by atoms with E-state index in [1.807, 2.05) is 62.4 Å². The third-order valence-corrected chi connectivity index (χ3v) is 3.58.